The Morgan fingerprint density at radius 2 is 1.75 bits per heavy atom. The van der Waals surface area contributed by atoms with Gasteiger partial charge in [0.15, 0.2) is 16.8 Å². The van der Waals surface area contributed by atoms with Gasteiger partial charge < -0.3 is 19.9 Å². The number of amides is 2. The third kappa shape index (κ3) is 7.16. The minimum atomic E-state index is -0.588. The van der Waals surface area contributed by atoms with E-state index in [4.69, 9.17) is 4.74 Å². The molecule has 1 aromatic carbocycles. The number of benzene rings is 1. The van der Waals surface area contributed by atoms with Crippen LogP contribution >= 0.6 is 23.1 Å². The van der Waals surface area contributed by atoms with Gasteiger partial charge in [0.25, 0.3) is 5.91 Å². The predicted molar refractivity (Wildman–Crippen MR) is 156 cm³/mol. The first-order chi connectivity index (χ1) is 19.0. The van der Waals surface area contributed by atoms with E-state index in [-0.39, 0.29) is 46.4 Å². The number of ether oxygens (including phenoxy) is 1. The topological polar surface area (TPSA) is 132 Å². The Balaban J connectivity index is 1.76. The monoisotopic (exact) mass is 585 g/mol. The number of anilines is 1. The standard InChI is InChI=1S/C28H35N5O5S2/c1-8-33-24(22(15(3)4)30-25(36)19-12-10-16(5)11-13-19)31-32-28(33)39-14-20(35)29-26-21(27(37)38-9-2)17(6)23(40-26)18(7)34/h10-13,15,22H,8-9,14H2,1-7H3,(H,29,35)(H,30,36)/t22-/m1/s1. The average Bonchev–Trinajstić information content (AvgIpc) is 3.46. The lowest BCUT2D eigenvalue weighted by molar-refractivity contribution is -0.113. The third-order valence-corrected chi connectivity index (χ3v) is 8.41. The molecule has 3 rings (SSSR count). The summed E-state index contributed by atoms with van der Waals surface area (Å²) in [5, 5.41) is 15.3. The maximum atomic E-state index is 12.9. The number of hydrogen-bond acceptors (Lipinski definition) is 9. The molecule has 40 heavy (non-hydrogen) atoms. The zero-order chi connectivity index (χ0) is 29.6. The summed E-state index contributed by atoms with van der Waals surface area (Å²) in [6.45, 7) is 13.4. The van der Waals surface area contributed by atoms with Crippen LogP contribution in [0.25, 0.3) is 0 Å². The van der Waals surface area contributed by atoms with E-state index in [2.05, 4.69) is 20.8 Å². The number of aromatic nitrogens is 3. The lowest BCUT2D eigenvalue weighted by Crippen LogP contribution is -2.33. The molecule has 10 nitrogen and oxygen atoms in total. The summed E-state index contributed by atoms with van der Waals surface area (Å²) < 4.78 is 7.02. The molecular weight excluding hydrogens is 550 g/mol. The molecule has 2 N–H and O–H groups in total. The summed E-state index contributed by atoms with van der Waals surface area (Å²) in [6, 6.07) is 6.96. The number of thiophene rings is 1. The second-order valence-corrected chi connectivity index (χ2v) is 11.5. The Labute approximate surface area is 242 Å². The summed E-state index contributed by atoms with van der Waals surface area (Å²) in [5.74, 6) is -0.724. The predicted octanol–water partition coefficient (Wildman–Crippen LogP) is 5.21. The highest BCUT2D eigenvalue weighted by atomic mass is 32.2. The van der Waals surface area contributed by atoms with E-state index in [1.807, 2.05) is 44.4 Å². The van der Waals surface area contributed by atoms with E-state index >= 15 is 0 Å². The van der Waals surface area contributed by atoms with Crippen LogP contribution in [0.15, 0.2) is 29.4 Å². The van der Waals surface area contributed by atoms with Crippen molar-refractivity contribution in [3.8, 4) is 0 Å². The normalized spacial score (nSPS) is 11.8. The average molecular weight is 586 g/mol. The molecule has 1 atom stereocenters. The van der Waals surface area contributed by atoms with E-state index in [0.717, 1.165) is 16.9 Å². The number of carbonyl (C=O) groups excluding carboxylic acids is 4. The van der Waals surface area contributed by atoms with Crippen molar-refractivity contribution in [3.05, 3.63) is 57.2 Å². The van der Waals surface area contributed by atoms with E-state index in [1.54, 1.807) is 26.0 Å². The zero-order valence-corrected chi connectivity index (χ0v) is 25.4. The smallest absolute Gasteiger partial charge is 0.341 e. The highest BCUT2D eigenvalue weighted by Gasteiger charge is 2.28. The van der Waals surface area contributed by atoms with Crippen LogP contribution in [0.3, 0.4) is 0 Å². The first-order valence-electron chi connectivity index (χ1n) is 13.0. The van der Waals surface area contributed by atoms with Crippen LogP contribution in [0, 0.1) is 19.8 Å². The number of aryl methyl sites for hydroxylation is 1. The number of nitrogens with one attached hydrogen (secondary N) is 2. The molecule has 12 heteroatoms. The lowest BCUT2D eigenvalue weighted by atomic mass is 10.0. The summed E-state index contributed by atoms with van der Waals surface area (Å²) >= 11 is 2.25. The van der Waals surface area contributed by atoms with Crippen LogP contribution in [0.4, 0.5) is 5.00 Å². The molecule has 0 bridgehead atoms. The minimum Gasteiger partial charge on any atom is -0.462 e. The van der Waals surface area contributed by atoms with E-state index in [1.165, 1.54) is 18.7 Å². The van der Waals surface area contributed by atoms with Gasteiger partial charge in [-0.3, -0.25) is 14.4 Å². The summed E-state index contributed by atoms with van der Waals surface area (Å²) in [5.41, 5.74) is 2.31. The summed E-state index contributed by atoms with van der Waals surface area (Å²) in [6.07, 6.45) is 0. The molecule has 3 aromatic rings. The van der Waals surface area contributed by atoms with Crippen LogP contribution in [0.1, 0.15) is 88.0 Å². The van der Waals surface area contributed by atoms with Gasteiger partial charge in [0, 0.05) is 12.1 Å². The van der Waals surface area contributed by atoms with E-state index < -0.39 is 12.0 Å². The van der Waals surface area contributed by atoms with Crippen LogP contribution in [-0.4, -0.2) is 50.7 Å². The molecule has 0 spiro atoms. The van der Waals surface area contributed by atoms with Gasteiger partial charge in [-0.15, -0.1) is 21.5 Å². The van der Waals surface area contributed by atoms with E-state index in [9.17, 15) is 19.2 Å². The van der Waals surface area contributed by atoms with Crippen molar-refractivity contribution in [2.45, 2.75) is 66.2 Å². The molecular formula is C28H35N5O5S2. The van der Waals surface area contributed by atoms with Crippen LogP contribution < -0.4 is 10.6 Å². The molecule has 214 valence electrons. The SMILES string of the molecule is CCOC(=O)c1c(NC(=O)CSc2nnc([C@H](NC(=O)c3ccc(C)cc3)C(C)C)n2CC)sc(C(C)=O)c1C. The molecule has 2 heterocycles. The van der Waals surface area contributed by atoms with Crippen molar-refractivity contribution in [2.24, 2.45) is 5.92 Å². The Kier molecular flexibility index (Phi) is 10.6. The van der Waals surface area contributed by atoms with Crippen molar-refractivity contribution in [3.63, 3.8) is 0 Å². The number of thioether (sulfide) groups is 1. The Morgan fingerprint density at radius 3 is 2.33 bits per heavy atom. The van der Waals surface area contributed by atoms with Crippen LogP contribution in [-0.2, 0) is 16.1 Å². The maximum absolute atomic E-state index is 12.9. The Hall–Kier alpha value is -3.51. The fourth-order valence-corrected chi connectivity index (χ4v) is 5.99. The van der Waals surface area contributed by atoms with Gasteiger partial charge in [-0.05, 0) is 58.2 Å². The summed E-state index contributed by atoms with van der Waals surface area (Å²) in [4.78, 5) is 50.8. The second-order valence-electron chi connectivity index (χ2n) is 9.52. The molecule has 0 unspecified atom stereocenters. The molecule has 2 amide bonds. The highest BCUT2D eigenvalue weighted by Crippen LogP contribution is 2.34. The number of hydrogen-bond donors (Lipinski definition) is 2. The third-order valence-electron chi connectivity index (χ3n) is 6.14. The van der Waals surface area contributed by atoms with Gasteiger partial charge >= 0.3 is 5.97 Å². The van der Waals surface area contributed by atoms with Crippen LogP contribution in [0.2, 0.25) is 0 Å². The molecule has 0 saturated carbocycles. The van der Waals surface area contributed by atoms with Gasteiger partial charge in [-0.1, -0.05) is 43.3 Å². The molecule has 0 radical (unpaired) electrons. The fraction of sp³-hybridized carbons (Fsp3) is 0.429. The maximum Gasteiger partial charge on any atom is 0.341 e. The number of carbonyl (C=O) groups is 4. The molecule has 0 saturated heterocycles. The number of rotatable bonds is 12. The van der Waals surface area contributed by atoms with Gasteiger partial charge in [0.2, 0.25) is 5.91 Å². The van der Waals surface area contributed by atoms with Gasteiger partial charge in [-0.2, -0.15) is 0 Å². The Morgan fingerprint density at radius 1 is 1.07 bits per heavy atom. The summed E-state index contributed by atoms with van der Waals surface area (Å²) in [7, 11) is 0. The molecule has 2 aromatic heterocycles. The number of ketones is 1. The molecule has 0 aliphatic carbocycles. The fourth-order valence-electron chi connectivity index (χ4n) is 4.07. The molecule has 0 aliphatic rings. The van der Waals surface area contributed by atoms with Crippen molar-refractivity contribution < 1.29 is 23.9 Å². The van der Waals surface area contributed by atoms with Crippen molar-refractivity contribution in [1.82, 2.24) is 20.1 Å². The Bertz CT molecular complexity index is 1390. The minimum absolute atomic E-state index is 0.00514. The largest absolute Gasteiger partial charge is 0.462 e. The number of Topliss-reactive ketones (excluding diaryl/α,β-unsaturated/α-hetero) is 1. The number of nitrogens with zero attached hydrogens (tertiary/aromatic N) is 3. The first kappa shape index (κ1) is 31.0. The molecule has 0 aliphatic heterocycles. The van der Waals surface area contributed by atoms with Crippen molar-refractivity contribution in [1.29, 1.82) is 0 Å². The van der Waals surface area contributed by atoms with E-state index in [0.29, 0.717) is 33.5 Å². The second kappa shape index (κ2) is 13.7. The van der Waals surface area contributed by atoms with Crippen molar-refractivity contribution in [2.75, 3.05) is 17.7 Å². The highest BCUT2D eigenvalue weighted by molar-refractivity contribution is 7.99. The van der Waals surface area contributed by atoms with Gasteiger partial charge in [0.05, 0.1) is 28.8 Å². The van der Waals surface area contributed by atoms with Crippen LogP contribution in [0.5, 0.6) is 0 Å². The number of esters is 1. The lowest BCUT2D eigenvalue weighted by Gasteiger charge is -2.22. The van der Waals surface area contributed by atoms with Gasteiger partial charge in [-0.25, -0.2) is 4.79 Å². The first-order valence-corrected chi connectivity index (χ1v) is 14.8. The molecule has 0 fully saturated rings. The van der Waals surface area contributed by atoms with Gasteiger partial charge in [0.1, 0.15) is 5.00 Å². The quantitative estimate of drug-likeness (QED) is 0.168. The zero-order valence-electron chi connectivity index (χ0n) is 23.8. The van der Waals surface area contributed by atoms with Crippen molar-refractivity contribution >= 4 is 51.7 Å².